The van der Waals surface area contributed by atoms with E-state index in [9.17, 15) is 4.79 Å². The van der Waals surface area contributed by atoms with E-state index in [1.807, 2.05) is 30.3 Å². The van der Waals surface area contributed by atoms with Gasteiger partial charge in [0.15, 0.2) is 11.5 Å². The van der Waals surface area contributed by atoms with Gasteiger partial charge in [0, 0.05) is 12.6 Å². The quantitative estimate of drug-likeness (QED) is 0.801. The lowest BCUT2D eigenvalue weighted by Gasteiger charge is -2.44. The number of rotatable bonds is 3. The largest absolute Gasteiger partial charge is 0.493 e. The van der Waals surface area contributed by atoms with Crippen LogP contribution < -0.4 is 25.4 Å². The van der Waals surface area contributed by atoms with Gasteiger partial charge in [0.25, 0.3) is 5.91 Å². The lowest BCUT2D eigenvalue weighted by molar-refractivity contribution is 0.0925. The Bertz CT molecular complexity index is 887. The Hall–Kier alpha value is -2.25. The maximum absolute atomic E-state index is 12.7. The molecule has 0 saturated carbocycles. The van der Waals surface area contributed by atoms with E-state index in [1.165, 1.54) is 0 Å². The third-order valence-electron chi connectivity index (χ3n) is 5.03. The molecule has 2 aromatic carbocycles. The van der Waals surface area contributed by atoms with Gasteiger partial charge < -0.3 is 25.4 Å². The molecule has 0 spiro atoms. The number of ether oxygens (including phenoxy) is 2. The molecule has 1 amide bonds. The van der Waals surface area contributed by atoms with Crippen molar-refractivity contribution in [2.75, 3.05) is 25.7 Å². The number of carbonyl (C=O) groups excluding carboxylic acids is 1. The molecule has 2 aliphatic heterocycles. The summed E-state index contributed by atoms with van der Waals surface area (Å²) in [6.45, 7) is 0.766. The lowest BCUT2D eigenvalue weighted by atomic mass is 9.90. The Kier molecular flexibility index (Phi) is 4.28. The number of nitrogens with zero attached hydrogens (tertiary/aromatic N) is 1. The Balaban J connectivity index is 1.85. The summed E-state index contributed by atoms with van der Waals surface area (Å²) in [5.41, 5.74) is 9.84. The van der Waals surface area contributed by atoms with E-state index in [2.05, 4.69) is 26.1 Å². The molecule has 0 aromatic heterocycles. The van der Waals surface area contributed by atoms with E-state index in [4.69, 9.17) is 15.2 Å². The molecule has 26 heavy (non-hydrogen) atoms. The molecular weight excluding hydrogens is 398 g/mol. The second-order valence-corrected chi connectivity index (χ2v) is 7.30. The number of nitrogens with two attached hydrogens (primary N) is 1. The molecule has 0 aliphatic carbocycles. The molecular formula is C19H20BrN3O3. The maximum atomic E-state index is 12.7. The standard InChI is InChI=1S/C19H20BrN3O3/c1-25-15-9-10(8-13(20)17(15)26-2)18-22-19(24)12-5-3-4-11-14(21)6-7-23(18)16(11)12/h3-5,8-9,14,18H,6-7,21H2,1-2H3,(H,22,24)/t14-,18+/m1/s1. The number of hydrogen-bond donors (Lipinski definition) is 2. The Morgan fingerprint density at radius 3 is 2.81 bits per heavy atom. The van der Waals surface area contributed by atoms with Crippen molar-refractivity contribution in [3.63, 3.8) is 0 Å². The van der Waals surface area contributed by atoms with E-state index in [1.54, 1.807) is 14.2 Å². The second kappa shape index (κ2) is 6.48. The van der Waals surface area contributed by atoms with Crippen molar-refractivity contribution < 1.29 is 14.3 Å². The first-order chi connectivity index (χ1) is 12.5. The number of methoxy groups -OCH3 is 2. The summed E-state index contributed by atoms with van der Waals surface area (Å²) in [5.74, 6) is 1.14. The van der Waals surface area contributed by atoms with Crippen LogP contribution in [0, 0.1) is 0 Å². The average molecular weight is 418 g/mol. The SMILES string of the molecule is COc1cc([C@H]2NC(=O)c3cccc4c3N2CC[C@H]4N)cc(Br)c1OC. The summed E-state index contributed by atoms with van der Waals surface area (Å²) < 4.78 is 11.6. The predicted octanol–water partition coefficient (Wildman–Crippen LogP) is 3.12. The van der Waals surface area contributed by atoms with Gasteiger partial charge in [-0.15, -0.1) is 0 Å². The molecule has 7 heteroatoms. The van der Waals surface area contributed by atoms with Crippen molar-refractivity contribution >= 4 is 27.5 Å². The van der Waals surface area contributed by atoms with Gasteiger partial charge in [-0.3, -0.25) is 4.79 Å². The minimum Gasteiger partial charge on any atom is -0.493 e. The van der Waals surface area contributed by atoms with Crippen LogP contribution in [-0.4, -0.2) is 26.7 Å². The Morgan fingerprint density at radius 2 is 2.08 bits per heavy atom. The van der Waals surface area contributed by atoms with Crippen molar-refractivity contribution in [2.45, 2.75) is 18.6 Å². The van der Waals surface area contributed by atoms with Gasteiger partial charge in [-0.1, -0.05) is 12.1 Å². The number of amides is 1. The molecule has 2 aromatic rings. The fraction of sp³-hybridized carbons (Fsp3) is 0.316. The van der Waals surface area contributed by atoms with Gasteiger partial charge in [0.05, 0.1) is 29.9 Å². The van der Waals surface area contributed by atoms with Crippen LogP contribution >= 0.6 is 15.9 Å². The Labute approximate surface area is 160 Å². The first-order valence-electron chi connectivity index (χ1n) is 8.42. The predicted molar refractivity (Wildman–Crippen MR) is 103 cm³/mol. The molecule has 4 rings (SSSR count). The van der Waals surface area contributed by atoms with Crippen LogP contribution in [0.5, 0.6) is 11.5 Å². The van der Waals surface area contributed by atoms with Gasteiger partial charge in [-0.25, -0.2) is 0 Å². The zero-order valence-electron chi connectivity index (χ0n) is 14.6. The van der Waals surface area contributed by atoms with Crippen LogP contribution in [0.3, 0.4) is 0 Å². The van der Waals surface area contributed by atoms with Gasteiger partial charge in [0.2, 0.25) is 0 Å². The van der Waals surface area contributed by atoms with Gasteiger partial charge in [0.1, 0.15) is 6.17 Å². The van der Waals surface area contributed by atoms with Crippen molar-refractivity contribution in [3.8, 4) is 11.5 Å². The monoisotopic (exact) mass is 417 g/mol. The highest BCUT2D eigenvalue weighted by molar-refractivity contribution is 9.10. The summed E-state index contributed by atoms with van der Waals surface area (Å²) in [6.07, 6.45) is 0.539. The maximum Gasteiger partial charge on any atom is 0.255 e. The summed E-state index contributed by atoms with van der Waals surface area (Å²) in [6, 6.07) is 9.55. The van der Waals surface area contributed by atoms with Crippen molar-refractivity contribution in [1.82, 2.24) is 5.32 Å². The van der Waals surface area contributed by atoms with Gasteiger partial charge >= 0.3 is 0 Å². The smallest absolute Gasteiger partial charge is 0.255 e. The van der Waals surface area contributed by atoms with Crippen molar-refractivity contribution in [3.05, 3.63) is 51.5 Å². The topological polar surface area (TPSA) is 76.8 Å². The molecule has 2 atom stereocenters. The first kappa shape index (κ1) is 17.2. The van der Waals surface area contributed by atoms with Crippen molar-refractivity contribution in [1.29, 1.82) is 0 Å². The molecule has 2 heterocycles. The van der Waals surface area contributed by atoms with E-state index in [-0.39, 0.29) is 18.1 Å². The second-order valence-electron chi connectivity index (χ2n) is 6.45. The summed E-state index contributed by atoms with van der Waals surface area (Å²) in [4.78, 5) is 14.9. The highest BCUT2D eigenvalue weighted by Crippen LogP contribution is 2.44. The third-order valence-corrected chi connectivity index (χ3v) is 5.62. The molecule has 0 fully saturated rings. The van der Waals surface area contributed by atoms with Crippen LogP contribution in [0.15, 0.2) is 34.8 Å². The highest BCUT2D eigenvalue weighted by Gasteiger charge is 2.37. The molecule has 6 nitrogen and oxygen atoms in total. The molecule has 2 aliphatic rings. The number of anilines is 1. The van der Waals surface area contributed by atoms with E-state index in [0.717, 1.165) is 34.3 Å². The van der Waals surface area contributed by atoms with E-state index < -0.39 is 0 Å². The fourth-order valence-electron chi connectivity index (χ4n) is 3.81. The van der Waals surface area contributed by atoms with E-state index in [0.29, 0.717) is 17.1 Å². The van der Waals surface area contributed by atoms with Gasteiger partial charge in [-0.2, -0.15) is 0 Å². The molecule has 3 N–H and O–H groups in total. The minimum atomic E-state index is -0.292. The Morgan fingerprint density at radius 1 is 1.27 bits per heavy atom. The van der Waals surface area contributed by atoms with Crippen LogP contribution in [0.2, 0.25) is 0 Å². The molecule has 0 radical (unpaired) electrons. The van der Waals surface area contributed by atoms with Crippen LogP contribution in [0.1, 0.15) is 40.1 Å². The molecule has 0 saturated heterocycles. The summed E-state index contributed by atoms with van der Waals surface area (Å²) in [7, 11) is 3.19. The number of halogens is 1. The highest BCUT2D eigenvalue weighted by atomic mass is 79.9. The van der Waals surface area contributed by atoms with Crippen LogP contribution in [0.4, 0.5) is 5.69 Å². The first-order valence-corrected chi connectivity index (χ1v) is 9.22. The van der Waals surface area contributed by atoms with Crippen LogP contribution in [-0.2, 0) is 0 Å². The summed E-state index contributed by atoms with van der Waals surface area (Å²) >= 11 is 3.54. The molecule has 0 unspecified atom stereocenters. The van der Waals surface area contributed by atoms with Gasteiger partial charge in [-0.05, 0) is 51.7 Å². The minimum absolute atomic E-state index is 0.0510. The van der Waals surface area contributed by atoms with E-state index >= 15 is 0 Å². The summed E-state index contributed by atoms with van der Waals surface area (Å²) in [5, 5.41) is 3.11. The normalized spacial score (nSPS) is 21.1. The average Bonchev–Trinajstić information content (AvgIpc) is 2.65. The number of para-hydroxylation sites is 1. The third kappa shape index (κ3) is 2.54. The number of hydrogen-bond acceptors (Lipinski definition) is 5. The number of nitrogens with one attached hydrogen (secondary N) is 1. The molecule has 0 bridgehead atoms. The molecule has 136 valence electrons. The number of carbonyl (C=O) groups is 1. The fourth-order valence-corrected chi connectivity index (χ4v) is 4.43. The zero-order valence-corrected chi connectivity index (χ0v) is 16.2. The lowest BCUT2D eigenvalue weighted by Crippen LogP contribution is -2.49. The van der Waals surface area contributed by atoms with Crippen LogP contribution in [0.25, 0.3) is 0 Å². The number of benzene rings is 2. The zero-order chi connectivity index (χ0) is 18.4. The van der Waals surface area contributed by atoms with Crippen molar-refractivity contribution in [2.24, 2.45) is 5.73 Å².